The average molecular weight is 422 g/mol. The van der Waals surface area contributed by atoms with Gasteiger partial charge in [-0.3, -0.25) is 25.2 Å². The number of thiocarbonyl (C=S) groups is 1. The van der Waals surface area contributed by atoms with E-state index in [2.05, 4.69) is 23.1 Å². The van der Waals surface area contributed by atoms with E-state index in [-0.39, 0.29) is 35.7 Å². The number of nitrogens with one attached hydrogen (secondary N) is 3. The van der Waals surface area contributed by atoms with Crippen LogP contribution in [0, 0.1) is 0 Å². The summed E-state index contributed by atoms with van der Waals surface area (Å²) in [7, 11) is 0. The predicted octanol–water partition coefficient (Wildman–Crippen LogP) is 2.93. The first-order chi connectivity index (χ1) is 14.0. The number of benzene rings is 1. The summed E-state index contributed by atoms with van der Waals surface area (Å²) in [5.74, 6) is -0.810. The van der Waals surface area contributed by atoms with Gasteiger partial charge in [-0.25, -0.2) is 0 Å². The lowest BCUT2D eigenvalue weighted by Gasteiger charge is -2.10. The number of esters is 1. The molecule has 0 unspecified atom stereocenters. The van der Waals surface area contributed by atoms with Crippen LogP contribution in [0.1, 0.15) is 63.9 Å². The second kappa shape index (κ2) is 15.4. The molecule has 0 saturated carbocycles. The Kier molecular flexibility index (Phi) is 13.1. The second-order valence-corrected chi connectivity index (χ2v) is 7.08. The minimum absolute atomic E-state index is 0.0299. The van der Waals surface area contributed by atoms with E-state index < -0.39 is 0 Å². The molecule has 0 aliphatic carbocycles. The summed E-state index contributed by atoms with van der Waals surface area (Å²) >= 11 is 4.95. The lowest BCUT2D eigenvalue weighted by Crippen LogP contribution is -2.48. The standard InChI is InChI=1S/C21H31N3O4S/c1-2-3-5-13-19(26)23-24-21(29)22-18(25)14-8-15-20(27)28-16-9-12-17-10-6-4-7-11-17/h4,6-7,10-11H,2-3,5,8-9,12-16H2,1H3,(H,23,26)(H2,22,24,25,29). The molecule has 160 valence electrons. The molecule has 2 amide bonds. The van der Waals surface area contributed by atoms with Gasteiger partial charge >= 0.3 is 5.97 Å². The van der Waals surface area contributed by atoms with Crippen LogP contribution >= 0.6 is 12.2 Å². The first kappa shape index (κ1) is 24.6. The molecular formula is C21H31N3O4S. The first-order valence-corrected chi connectivity index (χ1v) is 10.5. The lowest BCUT2D eigenvalue weighted by atomic mass is 10.1. The van der Waals surface area contributed by atoms with Crippen LogP contribution in [-0.2, 0) is 25.5 Å². The summed E-state index contributed by atoms with van der Waals surface area (Å²) in [5.41, 5.74) is 6.15. The highest BCUT2D eigenvalue weighted by atomic mass is 32.1. The van der Waals surface area contributed by atoms with Gasteiger partial charge in [0.05, 0.1) is 6.61 Å². The Balaban J connectivity index is 2.03. The van der Waals surface area contributed by atoms with Crippen LogP contribution in [0.25, 0.3) is 0 Å². The Morgan fingerprint density at radius 1 is 0.897 bits per heavy atom. The van der Waals surface area contributed by atoms with Crippen LogP contribution in [0.4, 0.5) is 0 Å². The molecule has 29 heavy (non-hydrogen) atoms. The molecule has 0 fully saturated rings. The van der Waals surface area contributed by atoms with E-state index in [1.54, 1.807) is 0 Å². The molecule has 8 heteroatoms. The molecule has 0 aliphatic heterocycles. The number of aryl methyl sites for hydroxylation is 1. The fourth-order valence-electron chi connectivity index (χ4n) is 2.52. The third-order valence-corrected chi connectivity index (χ3v) is 4.28. The molecule has 0 aromatic heterocycles. The second-order valence-electron chi connectivity index (χ2n) is 6.67. The van der Waals surface area contributed by atoms with Gasteiger partial charge in [-0.15, -0.1) is 0 Å². The predicted molar refractivity (Wildman–Crippen MR) is 116 cm³/mol. The van der Waals surface area contributed by atoms with Crippen LogP contribution in [0.3, 0.4) is 0 Å². The first-order valence-electron chi connectivity index (χ1n) is 10.1. The van der Waals surface area contributed by atoms with Gasteiger partial charge in [0.2, 0.25) is 11.8 Å². The largest absolute Gasteiger partial charge is 0.466 e. The molecule has 0 saturated heterocycles. The van der Waals surface area contributed by atoms with Crippen molar-refractivity contribution in [2.45, 2.75) is 64.7 Å². The molecular weight excluding hydrogens is 390 g/mol. The number of amides is 2. The number of hydrogen-bond donors (Lipinski definition) is 3. The van der Waals surface area contributed by atoms with Crippen LogP contribution in [0.5, 0.6) is 0 Å². The van der Waals surface area contributed by atoms with Crippen molar-refractivity contribution in [3.05, 3.63) is 35.9 Å². The molecule has 0 bridgehead atoms. The summed E-state index contributed by atoms with van der Waals surface area (Å²) in [5, 5.41) is 2.49. The third-order valence-electron chi connectivity index (χ3n) is 4.08. The summed E-state index contributed by atoms with van der Waals surface area (Å²) in [6, 6.07) is 10.0. The van der Waals surface area contributed by atoms with E-state index in [9.17, 15) is 14.4 Å². The molecule has 0 aliphatic rings. The highest BCUT2D eigenvalue weighted by Gasteiger charge is 2.08. The molecule has 7 nitrogen and oxygen atoms in total. The average Bonchev–Trinajstić information content (AvgIpc) is 2.70. The van der Waals surface area contributed by atoms with Gasteiger partial charge in [0.15, 0.2) is 5.11 Å². The van der Waals surface area contributed by atoms with Crippen LogP contribution in [-0.4, -0.2) is 29.5 Å². The summed E-state index contributed by atoms with van der Waals surface area (Å²) in [6.07, 6.45) is 5.56. The molecule has 1 aromatic carbocycles. The Bertz CT molecular complexity index is 653. The van der Waals surface area contributed by atoms with E-state index >= 15 is 0 Å². The van der Waals surface area contributed by atoms with Crippen molar-refractivity contribution < 1.29 is 19.1 Å². The number of hydrazine groups is 1. The van der Waals surface area contributed by atoms with Crippen molar-refractivity contribution in [2.75, 3.05) is 6.61 Å². The van der Waals surface area contributed by atoms with Crippen molar-refractivity contribution in [1.82, 2.24) is 16.2 Å². The van der Waals surface area contributed by atoms with Crippen LogP contribution < -0.4 is 16.2 Å². The maximum absolute atomic E-state index is 11.8. The van der Waals surface area contributed by atoms with Crippen LogP contribution in [0.15, 0.2) is 30.3 Å². The molecule has 0 radical (unpaired) electrons. The van der Waals surface area contributed by atoms with Crippen LogP contribution in [0.2, 0.25) is 0 Å². The highest BCUT2D eigenvalue weighted by Crippen LogP contribution is 2.04. The molecule has 0 atom stereocenters. The van der Waals surface area contributed by atoms with E-state index in [0.29, 0.717) is 19.4 Å². The van der Waals surface area contributed by atoms with E-state index in [1.165, 1.54) is 5.56 Å². The number of carbonyl (C=O) groups is 3. The van der Waals surface area contributed by atoms with Gasteiger partial charge in [-0.2, -0.15) is 0 Å². The maximum Gasteiger partial charge on any atom is 0.305 e. The topological polar surface area (TPSA) is 96.5 Å². The van der Waals surface area contributed by atoms with Crippen molar-refractivity contribution in [1.29, 1.82) is 0 Å². The molecule has 0 heterocycles. The number of ether oxygens (including phenoxy) is 1. The summed E-state index contributed by atoms with van der Waals surface area (Å²) in [6.45, 7) is 2.43. The quantitative estimate of drug-likeness (QED) is 0.208. The van der Waals surface area contributed by atoms with Gasteiger partial charge in [-0.1, -0.05) is 50.1 Å². The Morgan fingerprint density at radius 2 is 1.62 bits per heavy atom. The third kappa shape index (κ3) is 13.3. The molecule has 3 N–H and O–H groups in total. The number of unbranched alkanes of at least 4 members (excludes halogenated alkanes) is 2. The number of carbonyl (C=O) groups excluding carboxylic acids is 3. The minimum atomic E-state index is -0.320. The molecule has 1 aromatic rings. The van der Waals surface area contributed by atoms with E-state index in [4.69, 9.17) is 17.0 Å². The fraction of sp³-hybridized carbons (Fsp3) is 0.524. The highest BCUT2D eigenvalue weighted by molar-refractivity contribution is 7.80. The van der Waals surface area contributed by atoms with Crippen molar-refractivity contribution in [2.24, 2.45) is 0 Å². The number of hydrogen-bond acceptors (Lipinski definition) is 5. The van der Waals surface area contributed by atoms with Crippen molar-refractivity contribution in [3.8, 4) is 0 Å². The summed E-state index contributed by atoms with van der Waals surface area (Å²) < 4.78 is 5.18. The fourth-order valence-corrected chi connectivity index (χ4v) is 2.68. The smallest absolute Gasteiger partial charge is 0.305 e. The van der Waals surface area contributed by atoms with Gasteiger partial charge in [0.1, 0.15) is 0 Å². The van der Waals surface area contributed by atoms with Gasteiger partial charge in [-0.05, 0) is 43.5 Å². The van der Waals surface area contributed by atoms with E-state index in [0.717, 1.165) is 32.1 Å². The van der Waals surface area contributed by atoms with E-state index in [1.807, 2.05) is 30.3 Å². The monoisotopic (exact) mass is 421 g/mol. The SMILES string of the molecule is CCCCCC(=O)NNC(=S)NC(=O)CCCC(=O)OCCCc1ccccc1. The molecule has 1 rings (SSSR count). The van der Waals surface area contributed by atoms with Crippen molar-refractivity contribution >= 4 is 35.1 Å². The van der Waals surface area contributed by atoms with Gasteiger partial charge < -0.3 is 10.1 Å². The Labute approximate surface area is 177 Å². The number of rotatable bonds is 12. The zero-order valence-electron chi connectivity index (χ0n) is 17.0. The Hall–Kier alpha value is -2.48. The zero-order valence-corrected chi connectivity index (χ0v) is 17.8. The maximum atomic E-state index is 11.8. The lowest BCUT2D eigenvalue weighted by molar-refractivity contribution is -0.143. The van der Waals surface area contributed by atoms with Crippen molar-refractivity contribution in [3.63, 3.8) is 0 Å². The normalized spacial score (nSPS) is 10.1. The molecule has 0 spiro atoms. The minimum Gasteiger partial charge on any atom is -0.466 e. The Morgan fingerprint density at radius 3 is 2.34 bits per heavy atom. The zero-order chi connectivity index (χ0) is 21.3. The van der Waals surface area contributed by atoms with Gasteiger partial charge in [0, 0.05) is 19.3 Å². The summed E-state index contributed by atoms with van der Waals surface area (Å²) in [4.78, 5) is 35.1. The van der Waals surface area contributed by atoms with Gasteiger partial charge in [0.25, 0.3) is 0 Å².